The molecule has 9 rings (SSSR count). The summed E-state index contributed by atoms with van der Waals surface area (Å²) < 4.78 is 4.35. The highest BCUT2D eigenvalue weighted by Gasteiger charge is 2.32. The Balaban J connectivity index is 1.35. The van der Waals surface area contributed by atoms with Crippen LogP contribution in [0.2, 0.25) is 0 Å². The predicted molar refractivity (Wildman–Crippen MR) is 173 cm³/mol. The molecule has 0 N–H and O–H groups in total. The van der Waals surface area contributed by atoms with Gasteiger partial charge in [0, 0.05) is 28.0 Å². The molecule has 0 saturated heterocycles. The average molecular weight is 540 g/mol. The number of aromatic nitrogens is 3. The fourth-order valence-electron chi connectivity index (χ4n) is 6.39. The number of benzene rings is 6. The van der Waals surface area contributed by atoms with Crippen molar-refractivity contribution in [2.45, 2.75) is 0 Å². The molecular weight excluding hydrogens is 514 g/mol. The van der Waals surface area contributed by atoms with E-state index in [-0.39, 0.29) is 0 Å². The van der Waals surface area contributed by atoms with Gasteiger partial charge in [0.25, 0.3) is 0 Å². The molecule has 0 aliphatic carbocycles. The third-order valence-corrected chi connectivity index (χ3v) is 8.21. The molecule has 1 aliphatic rings. The predicted octanol–water partition coefficient (Wildman–Crippen LogP) is 9.52. The summed E-state index contributed by atoms with van der Waals surface area (Å²) in [6.45, 7) is 0. The van der Waals surface area contributed by atoms with Gasteiger partial charge < -0.3 is 4.90 Å². The van der Waals surface area contributed by atoms with Crippen LogP contribution in [0.15, 0.2) is 152 Å². The van der Waals surface area contributed by atoms with Gasteiger partial charge in [0.15, 0.2) is 0 Å². The summed E-state index contributed by atoms with van der Waals surface area (Å²) in [5.41, 5.74) is 9.93. The number of nitrogens with zero attached hydrogens (tertiary/aromatic N) is 5. The molecule has 0 radical (unpaired) electrons. The topological polar surface area (TPSA) is 29.2 Å². The molecule has 3 heterocycles. The Labute approximate surface area is 242 Å². The molecule has 42 heavy (non-hydrogen) atoms. The maximum Gasteiger partial charge on any atom is 0.0935 e. The summed E-state index contributed by atoms with van der Waals surface area (Å²) in [4.78, 5) is 2.36. The van der Waals surface area contributed by atoms with E-state index in [1.165, 1.54) is 10.8 Å². The summed E-state index contributed by atoms with van der Waals surface area (Å²) in [6.07, 6.45) is 2.13. The maximum absolute atomic E-state index is 4.96. The summed E-state index contributed by atoms with van der Waals surface area (Å²) in [5, 5.41) is 10.8. The Hall–Kier alpha value is -5.81. The van der Waals surface area contributed by atoms with Crippen molar-refractivity contribution < 1.29 is 0 Å². The van der Waals surface area contributed by atoms with Gasteiger partial charge in [-0.05, 0) is 66.7 Å². The van der Waals surface area contributed by atoms with Crippen LogP contribution >= 0.6 is 0 Å². The van der Waals surface area contributed by atoms with E-state index < -0.39 is 0 Å². The first kappa shape index (κ1) is 22.9. The summed E-state index contributed by atoms with van der Waals surface area (Å²) in [7, 11) is 0. The van der Waals surface area contributed by atoms with Gasteiger partial charge in [0.1, 0.15) is 0 Å². The largest absolute Gasteiger partial charge is 0.306 e. The normalized spacial score (nSPS) is 12.7. The Morgan fingerprint density at radius 1 is 0.452 bits per heavy atom. The first-order valence-corrected chi connectivity index (χ1v) is 14.2. The van der Waals surface area contributed by atoms with Crippen LogP contribution in [0, 0.1) is 0 Å². The highest BCUT2D eigenvalue weighted by Crippen LogP contribution is 2.52. The number of para-hydroxylation sites is 7. The van der Waals surface area contributed by atoms with Crippen molar-refractivity contribution in [3.8, 4) is 5.69 Å². The molecule has 0 bridgehead atoms. The standard InChI is InChI=1S/C37H25N5/c1-3-13-27(14-4-1)39-25-26-23-37-30(24-31(26)38-39)29-17-7-8-18-32(29)41(37)42-35-21-11-9-19-33(35)40(28-15-5-2-6-16-28)34-20-10-12-22-36(34)42/h1-25H. The average Bonchev–Trinajstić information content (AvgIpc) is 3.62. The molecule has 5 nitrogen and oxygen atoms in total. The van der Waals surface area contributed by atoms with Crippen LogP contribution in [0.3, 0.4) is 0 Å². The quantitative estimate of drug-likeness (QED) is 0.224. The number of anilines is 5. The van der Waals surface area contributed by atoms with Gasteiger partial charge in [0.2, 0.25) is 0 Å². The SMILES string of the molecule is c1ccc(N2c3ccccc3N(n3c4ccccc4c4cc5nn(-c6ccccc6)cc5cc43)c3ccccc32)cc1. The van der Waals surface area contributed by atoms with Crippen molar-refractivity contribution in [2.24, 2.45) is 0 Å². The van der Waals surface area contributed by atoms with Crippen molar-refractivity contribution in [3.05, 3.63) is 152 Å². The zero-order valence-corrected chi connectivity index (χ0v) is 22.7. The van der Waals surface area contributed by atoms with Crippen LogP contribution < -0.4 is 9.91 Å². The first-order chi connectivity index (χ1) is 20.8. The Morgan fingerprint density at radius 2 is 1.02 bits per heavy atom. The summed E-state index contributed by atoms with van der Waals surface area (Å²) >= 11 is 0. The van der Waals surface area contributed by atoms with E-state index in [1.54, 1.807) is 0 Å². The lowest BCUT2D eigenvalue weighted by molar-refractivity contribution is 0.875. The van der Waals surface area contributed by atoms with Crippen LogP contribution in [-0.4, -0.2) is 14.5 Å². The lowest BCUT2D eigenvalue weighted by atomic mass is 10.1. The fraction of sp³-hybridized carbons (Fsp3) is 0. The Morgan fingerprint density at radius 3 is 1.71 bits per heavy atom. The highest BCUT2D eigenvalue weighted by molar-refractivity contribution is 6.13. The highest BCUT2D eigenvalue weighted by atomic mass is 15.6. The second-order valence-electron chi connectivity index (χ2n) is 10.6. The summed E-state index contributed by atoms with van der Waals surface area (Å²) in [6, 6.07) is 51.4. The molecule has 1 aliphatic heterocycles. The zero-order chi connectivity index (χ0) is 27.6. The monoisotopic (exact) mass is 539 g/mol. The van der Waals surface area contributed by atoms with Gasteiger partial charge in [-0.25, -0.2) is 14.4 Å². The van der Waals surface area contributed by atoms with E-state index in [0.29, 0.717) is 0 Å². The van der Waals surface area contributed by atoms with Gasteiger partial charge in [-0.3, -0.25) is 0 Å². The van der Waals surface area contributed by atoms with Gasteiger partial charge in [-0.1, -0.05) is 78.9 Å². The Bertz CT molecular complexity index is 2220. The van der Waals surface area contributed by atoms with Crippen molar-refractivity contribution in [1.29, 1.82) is 0 Å². The number of rotatable bonds is 3. The van der Waals surface area contributed by atoms with E-state index in [0.717, 1.165) is 56.1 Å². The lowest BCUT2D eigenvalue weighted by Crippen LogP contribution is -2.31. The molecule has 8 aromatic rings. The smallest absolute Gasteiger partial charge is 0.0935 e. The fourth-order valence-corrected chi connectivity index (χ4v) is 6.39. The number of hydrogen-bond acceptors (Lipinski definition) is 3. The number of hydrogen-bond donors (Lipinski definition) is 0. The maximum atomic E-state index is 4.96. The van der Waals surface area contributed by atoms with Crippen LogP contribution in [0.4, 0.5) is 28.4 Å². The minimum atomic E-state index is 0.976. The molecule has 0 unspecified atom stereocenters. The first-order valence-electron chi connectivity index (χ1n) is 14.2. The molecule has 6 aromatic carbocycles. The van der Waals surface area contributed by atoms with Gasteiger partial charge in [-0.2, -0.15) is 5.10 Å². The number of fused-ring (bicyclic) bond motifs is 6. The third-order valence-electron chi connectivity index (χ3n) is 8.21. The minimum absolute atomic E-state index is 0.976. The summed E-state index contributed by atoms with van der Waals surface area (Å²) in [5.74, 6) is 0. The molecule has 5 heteroatoms. The molecule has 2 aromatic heterocycles. The van der Waals surface area contributed by atoms with Crippen molar-refractivity contribution in [3.63, 3.8) is 0 Å². The molecule has 0 fully saturated rings. The molecule has 0 saturated carbocycles. The van der Waals surface area contributed by atoms with E-state index in [9.17, 15) is 0 Å². The van der Waals surface area contributed by atoms with Crippen LogP contribution in [0.25, 0.3) is 38.4 Å². The van der Waals surface area contributed by atoms with E-state index in [4.69, 9.17) is 5.10 Å². The Kier molecular flexibility index (Phi) is 4.83. The van der Waals surface area contributed by atoms with Gasteiger partial charge in [0.05, 0.1) is 45.0 Å². The van der Waals surface area contributed by atoms with Crippen molar-refractivity contribution in [2.75, 3.05) is 9.91 Å². The molecular formula is C37H25N5. The van der Waals surface area contributed by atoms with Crippen LogP contribution in [-0.2, 0) is 0 Å². The van der Waals surface area contributed by atoms with Crippen LogP contribution in [0.1, 0.15) is 0 Å². The third kappa shape index (κ3) is 3.28. The van der Waals surface area contributed by atoms with Crippen LogP contribution in [0.5, 0.6) is 0 Å². The van der Waals surface area contributed by atoms with Crippen molar-refractivity contribution in [1.82, 2.24) is 14.5 Å². The zero-order valence-electron chi connectivity index (χ0n) is 22.7. The molecule has 198 valence electrons. The van der Waals surface area contributed by atoms with E-state index >= 15 is 0 Å². The minimum Gasteiger partial charge on any atom is -0.306 e. The lowest BCUT2D eigenvalue weighted by Gasteiger charge is -2.41. The molecule has 0 atom stereocenters. The van der Waals surface area contributed by atoms with E-state index in [2.05, 4.69) is 148 Å². The van der Waals surface area contributed by atoms with Crippen molar-refractivity contribution >= 4 is 61.1 Å². The second-order valence-corrected chi connectivity index (χ2v) is 10.6. The van der Waals surface area contributed by atoms with Gasteiger partial charge >= 0.3 is 0 Å². The van der Waals surface area contributed by atoms with E-state index in [1.807, 2.05) is 22.9 Å². The second kappa shape index (κ2) is 8.85. The van der Waals surface area contributed by atoms with Gasteiger partial charge in [-0.15, -0.1) is 0 Å². The molecule has 0 spiro atoms. The molecule has 0 amide bonds.